The van der Waals surface area contributed by atoms with Crippen molar-refractivity contribution in [3.05, 3.63) is 87.1 Å². The van der Waals surface area contributed by atoms with Crippen LogP contribution in [0.15, 0.2) is 64.4 Å². The molecule has 0 fully saturated rings. The van der Waals surface area contributed by atoms with Gasteiger partial charge in [0.05, 0.1) is 5.69 Å². The first-order chi connectivity index (χ1) is 17.6. The largest absolute Gasteiger partial charge is 0.332 e. The van der Waals surface area contributed by atoms with Crippen molar-refractivity contribution in [1.29, 1.82) is 0 Å². The van der Waals surface area contributed by atoms with Crippen LogP contribution in [0.5, 0.6) is 0 Å². The monoisotopic (exact) mass is 484 g/mol. The molecule has 10 heteroatoms. The standard InChI is InChI=1S/C26H28N8O2/c1-4-15-32-25(35)23-24(31(6-3)26(32)36)28-22(5-2)33(23)16-18-11-13-19(14-12-18)20-9-7-8-10-21(20)34-17-27-29-30-34/h7-14,17H,4-6,15-16H2,1-3H3. The van der Waals surface area contributed by atoms with Gasteiger partial charge in [0.15, 0.2) is 11.2 Å². The maximum atomic E-state index is 13.4. The summed E-state index contributed by atoms with van der Waals surface area (Å²) < 4.78 is 6.53. The van der Waals surface area contributed by atoms with E-state index < -0.39 is 0 Å². The molecule has 3 aromatic heterocycles. The number of tetrazole rings is 1. The fourth-order valence-corrected chi connectivity index (χ4v) is 4.64. The third kappa shape index (κ3) is 3.94. The van der Waals surface area contributed by atoms with E-state index in [-0.39, 0.29) is 11.2 Å². The predicted octanol–water partition coefficient (Wildman–Crippen LogP) is 3.04. The van der Waals surface area contributed by atoms with Gasteiger partial charge in [-0.15, -0.1) is 5.10 Å². The van der Waals surface area contributed by atoms with Crippen LogP contribution < -0.4 is 11.2 Å². The highest BCUT2D eigenvalue weighted by Gasteiger charge is 2.20. The molecule has 0 spiro atoms. The van der Waals surface area contributed by atoms with Crippen LogP contribution in [0.25, 0.3) is 28.0 Å². The summed E-state index contributed by atoms with van der Waals surface area (Å²) in [5.41, 5.74) is 4.32. The maximum absolute atomic E-state index is 13.4. The Hall–Kier alpha value is -4.34. The Balaban J connectivity index is 1.57. The third-order valence-electron chi connectivity index (χ3n) is 6.38. The van der Waals surface area contributed by atoms with Gasteiger partial charge in [-0.25, -0.2) is 9.78 Å². The molecule has 10 nitrogen and oxygen atoms in total. The second kappa shape index (κ2) is 9.73. The van der Waals surface area contributed by atoms with Crippen molar-refractivity contribution in [3.63, 3.8) is 0 Å². The molecule has 0 amide bonds. The van der Waals surface area contributed by atoms with Crippen LogP contribution in [-0.2, 0) is 26.1 Å². The van der Waals surface area contributed by atoms with Crippen LogP contribution in [-0.4, -0.2) is 38.9 Å². The highest BCUT2D eigenvalue weighted by molar-refractivity contribution is 5.73. The SMILES string of the molecule is CCCn1c(=O)c2c(nc(CC)n2Cc2ccc(-c3ccccc3-n3cnnn3)cc2)n(CC)c1=O. The molecular formula is C26H28N8O2. The Bertz CT molecular complexity index is 1630. The second-order valence-corrected chi connectivity index (χ2v) is 8.59. The number of para-hydroxylation sites is 1. The van der Waals surface area contributed by atoms with E-state index in [2.05, 4.69) is 39.8 Å². The molecule has 184 valence electrons. The summed E-state index contributed by atoms with van der Waals surface area (Å²) in [6.45, 7) is 7.19. The summed E-state index contributed by atoms with van der Waals surface area (Å²) in [5.74, 6) is 0.783. The zero-order valence-corrected chi connectivity index (χ0v) is 20.6. The van der Waals surface area contributed by atoms with E-state index in [1.165, 1.54) is 4.57 Å². The van der Waals surface area contributed by atoms with Gasteiger partial charge in [-0.2, -0.15) is 4.68 Å². The van der Waals surface area contributed by atoms with Gasteiger partial charge < -0.3 is 4.57 Å². The molecule has 5 rings (SSSR count). The van der Waals surface area contributed by atoms with Crippen LogP contribution in [0.4, 0.5) is 0 Å². The number of benzene rings is 2. The van der Waals surface area contributed by atoms with E-state index in [1.807, 2.05) is 49.6 Å². The van der Waals surface area contributed by atoms with Crippen LogP contribution >= 0.6 is 0 Å². The minimum Gasteiger partial charge on any atom is -0.318 e. The second-order valence-electron chi connectivity index (χ2n) is 8.59. The van der Waals surface area contributed by atoms with Crippen LogP contribution in [0.2, 0.25) is 0 Å². The molecule has 3 heterocycles. The van der Waals surface area contributed by atoms with Gasteiger partial charge in [0.25, 0.3) is 5.56 Å². The molecule has 0 unspecified atom stereocenters. The molecule has 2 aromatic carbocycles. The van der Waals surface area contributed by atoms with Crippen LogP contribution in [0.3, 0.4) is 0 Å². The van der Waals surface area contributed by atoms with Gasteiger partial charge in [0.1, 0.15) is 12.2 Å². The summed E-state index contributed by atoms with van der Waals surface area (Å²) in [7, 11) is 0. The molecule has 0 radical (unpaired) electrons. The number of nitrogens with zero attached hydrogens (tertiary/aromatic N) is 8. The number of aryl methyl sites for hydroxylation is 2. The first-order valence-corrected chi connectivity index (χ1v) is 12.2. The lowest BCUT2D eigenvalue weighted by molar-refractivity contribution is 0.570. The Morgan fingerprint density at radius 1 is 0.889 bits per heavy atom. The summed E-state index contributed by atoms with van der Waals surface area (Å²) in [6.07, 6.45) is 2.93. The van der Waals surface area contributed by atoms with Gasteiger partial charge in [-0.05, 0) is 41.0 Å². The van der Waals surface area contributed by atoms with Crippen LogP contribution in [0, 0.1) is 0 Å². The number of aromatic nitrogens is 8. The number of hydrogen-bond donors (Lipinski definition) is 0. The summed E-state index contributed by atoms with van der Waals surface area (Å²) in [5, 5.41) is 11.5. The highest BCUT2D eigenvalue weighted by Crippen LogP contribution is 2.27. The Labute approximate surface area is 207 Å². The van der Waals surface area contributed by atoms with E-state index in [9.17, 15) is 9.59 Å². The lowest BCUT2D eigenvalue weighted by atomic mass is 10.0. The molecule has 0 saturated heterocycles. The molecular weight excluding hydrogens is 456 g/mol. The molecule has 5 aromatic rings. The molecule has 0 bridgehead atoms. The first kappa shape index (κ1) is 23.4. The quantitative estimate of drug-likeness (QED) is 0.335. The molecule has 0 aliphatic rings. The van der Waals surface area contributed by atoms with E-state index >= 15 is 0 Å². The van der Waals surface area contributed by atoms with Crippen molar-refractivity contribution in [2.75, 3.05) is 0 Å². The molecule has 36 heavy (non-hydrogen) atoms. The number of hydrogen-bond acceptors (Lipinski definition) is 6. The average molecular weight is 485 g/mol. The van der Waals surface area contributed by atoms with Crippen molar-refractivity contribution in [2.45, 2.75) is 53.2 Å². The predicted molar refractivity (Wildman–Crippen MR) is 137 cm³/mol. The summed E-state index contributed by atoms with van der Waals surface area (Å²) in [6, 6.07) is 16.2. The normalized spacial score (nSPS) is 11.4. The van der Waals surface area contributed by atoms with E-state index in [4.69, 9.17) is 4.98 Å². The van der Waals surface area contributed by atoms with Crippen LogP contribution in [0.1, 0.15) is 38.6 Å². The fraction of sp³-hybridized carbons (Fsp3) is 0.308. The Kier molecular flexibility index (Phi) is 6.32. The molecule has 0 saturated carbocycles. The van der Waals surface area contributed by atoms with Gasteiger partial charge in [-0.1, -0.05) is 56.3 Å². The minimum absolute atomic E-state index is 0.277. The number of rotatable bonds is 8. The van der Waals surface area contributed by atoms with Gasteiger partial charge in [0, 0.05) is 31.6 Å². The Morgan fingerprint density at radius 3 is 2.33 bits per heavy atom. The first-order valence-electron chi connectivity index (χ1n) is 12.2. The minimum atomic E-state index is -0.297. The van der Waals surface area contributed by atoms with E-state index in [1.54, 1.807) is 15.6 Å². The van der Waals surface area contributed by atoms with Gasteiger partial charge in [0.2, 0.25) is 0 Å². The molecule has 0 aliphatic heterocycles. The fourth-order valence-electron chi connectivity index (χ4n) is 4.64. The number of imidazole rings is 1. The van der Waals surface area contributed by atoms with Crippen molar-refractivity contribution >= 4 is 11.2 Å². The van der Waals surface area contributed by atoms with Gasteiger partial charge >= 0.3 is 5.69 Å². The van der Waals surface area contributed by atoms with Crippen molar-refractivity contribution in [1.82, 2.24) is 38.9 Å². The van der Waals surface area contributed by atoms with Crippen molar-refractivity contribution in [2.24, 2.45) is 0 Å². The third-order valence-corrected chi connectivity index (χ3v) is 6.38. The summed E-state index contributed by atoms with van der Waals surface area (Å²) in [4.78, 5) is 31.1. The smallest absolute Gasteiger partial charge is 0.318 e. The molecule has 0 aliphatic carbocycles. The highest BCUT2D eigenvalue weighted by atomic mass is 16.2. The zero-order chi connectivity index (χ0) is 25.2. The summed E-state index contributed by atoms with van der Waals surface area (Å²) >= 11 is 0. The number of fused-ring (bicyclic) bond motifs is 1. The average Bonchev–Trinajstić information content (AvgIpc) is 3.56. The maximum Gasteiger partial charge on any atom is 0.332 e. The molecule has 0 N–H and O–H groups in total. The van der Waals surface area contributed by atoms with Crippen molar-refractivity contribution < 1.29 is 0 Å². The molecule has 0 atom stereocenters. The van der Waals surface area contributed by atoms with E-state index in [0.29, 0.717) is 43.6 Å². The zero-order valence-electron chi connectivity index (χ0n) is 20.6. The van der Waals surface area contributed by atoms with Crippen molar-refractivity contribution in [3.8, 4) is 16.8 Å². The topological polar surface area (TPSA) is 105 Å². The van der Waals surface area contributed by atoms with Gasteiger partial charge in [-0.3, -0.25) is 13.9 Å². The lowest BCUT2D eigenvalue weighted by Gasteiger charge is -2.12. The Morgan fingerprint density at radius 2 is 1.67 bits per heavy atom. The lowest BCUT2D eigenvalue weighted by Crippen LogP contribution is -2.40. The van der Waals surface area contributed by atoms with E-state index in [0.717, 1.165) is 28.2 Å².